The first kappa shape index (κ1) is 52.1. The van der Waals surface area contributed by atoms with E-state index in [9.17, 15) is 30.3 Å². The van der Waals surface area contributed by atoms with Gasteiger partial charge in [0.05, 0.1) is 60.0 Å². The Bertz CT molecular complexity index is 1560. The highest BCUT2D eigenvalue weighted by Gasteiger charge is 2.53. The summed E-state index contributed by atoms with van der Waals surface area (Å²) >= 11 is 0. The third kappa shape index (κ3) is 12.4. The van der Waals surface area contributed by atoms with Gasteiger partial charge in [0.1, 0.15) is 36.3 Å². The van der Waals surface area contributed by atoms with E-state index in [4.69, 9.17) is 38.0 Å². The molecule has 0 amide bonds. The summed E-state index contributed by atoms with van der Waals surface area (Å²) in [5.41, 5.74) is -4.42. The van der Waals surface area contributed by atoms with Crippen molar-refractivity contribution in [3.63, 3.8) is 0 Å². The minimum absolute atomic E-state index is 0.0103. The highest BCUT2D eigenvalue weighted by molar-refractivity contribution is 5.88. The number of para-hydroxylation sites is 1. The molecule has 16 heteroatoms. The van der Waals surface area contributed by atoms with Crippen LogP contribution in [0.15, 0.2) is 35.5 Å². The number of aliphatic hydroxyl groups excluding tert-OH is 3. The van der Waals surface area contributed by atoms with Gasteiger partial charge in [-0.25, -0.2) is 0 Å². The third-order valence-electron chi connectivity index (χ3n) is 13.4. The Kier molecular flexibility index (Phi) is 18.6. The standard InChI is InChI=1S/C46H78N2O14/c1-14-34-46(10,54)39(50)28(4)36(47-57-22-18-21-56-32-19-16-15-17-20-32)26(2)24-44(8,53)41(62-43-37(49)33(48(11)12)23-27(3)58-43)29(5)38(30(6)42(52)60-34)61-35-25-45(9,55-13)40(51)31(7)59-35/h15-17,19-20,26-31,33-35,37-41,43,49-51,53-54H,14,18,21-25H2,1-13H3/b47-36+/t26-,27-,28+,29+,30-,31+,33+,34?,35+,37-,38?,39-,40+,41-,43+,44-,45-,46-/m1/s1. The highest BCUT2D eigenvalue weighted by atomic mass is 16.7. The molecule has 18 atom stereocenters. The van der Waals surface area contributed by atoms with Crippen LogP contribution >= 0.6 is 0 Å². The second kappa shape index (κ2) is 22.1. The van der Waals surface area contributed by atoms with Crippen LogP contribution < -0.4 is 4.74 Å². The Morgan fingerprint density at radius 2 is 1.55 bits per heavy atom. The van der Waals surface area contributed by atoms with E-state index in [0.29, 0.717) is 25.2 Å². The van der Waals surface area contributed by atoms with Crippen LogP contribution in [0.5, 0.6) is 5.75 Å². The molecule has 3 heterocycles. The van der Waals surface area contributed by atoms with Crippen LogP contribution in [-0.2, 0) is 38.1 Å². The van der Waals surface area contributed by atoms with Crippen molar-refractivity contribution in [1.82, 2.24) is 4.90 Å². The predicted molar refractivity (Wildman–Crippen MR) is 231 cm³/mol. The summed E-state index contributed by atoms with van der Waals surface area (Å²) in [7, 11) is 5.23. The van der Waals surface area contributed by atoms with Gasteiger partial charge in [-0.15, -0.1) is 0 Å². The van der Waals surface area contributed by atoms with Gasteiger partial charge in [-0.3, -0.25) is 4.79 Å². The average Bonchev–Trinajstić information content (AvgIpc) is 3.22. The molecule has 0 aliphatic carbocycles. The number of hydrogen-bond donors (Lipinski definition) is 5. The van der Waals surface area contributed by atoms with Gasteiger partial charge in [-0.1, -0.05) is 51.0 Å². The number of likely N-dealkylation sites (N-methyl/N-ethyl adjacent to an activating group) is 1. The van der Waals surface area contributed by atoms with Crippen molar-refractivity contribution < 1.29 is 68.3 Å². The maximum atomic E-state index is 14.4. The van der Waals surface area contributed by atoms with Gasteiger partial charge in [-0.05, 0) is 87.0 Å². The number of rotatable bonds is 13. The number of cyclic esters (lactones) is 1. The number of hydrogen-bond acceptors (Lipinski definition) is 16. The summed E-state index contributed by atoms with van der Waals surface area (Å²) in [4.78, 5) is 22.2. The van der Waals surface area contributed by atoms with E-state index < -0.39 is 102 Å². The van der Waals surface area contributed by atoms with Gasteiger partial charge in [0.25, 0.3) is 0 Å². The zero-order valence-electron chi connectivity index (χ0n) is 39.3. The van der Waals surface area contributed by atoms with E-state index >= 15 is 0 Å². The van der Waals surface area contributed by atoms with Gasteiger partial charge in [0, 0.05) is 43.7 Å². The third-order valence-corrected chi connectivity index (χ3v) is 13.4. The van der Waals surface area contributed by atoms with E-state index in [-0.39, 0.29) is 38.0 Å². The van der Waals surface area contributed by atoms with Crippen LogP contribution in [0.1, 0.15) is 101 Å². The van der Waals surface area contributed by atoms with Crippen molar-refractivity contribution in [1.29, 1.82) is 0 Å². The van der Waals surface area contributed by atoms with E-state index in [1.807, 2.05) is 63.2 Å². The summed E-state index contributed by atoms with van der Waals surface area (Å²) in [5.74, 6) is -3.35. The molecule has 3 fully saturated rings. The van der Waals surface area contributed by atoms with Crippen molar-refractivity contribution in [3.8, 4) is 5.75 Å². The lowest BCUT2D eigenvalue weighted by molar-refractivity contribution is -0.317. The lowest BCUT2D eigenvalue weighted by Gasteiger charge is -2.49. The van der Waals surface area contributed by atoms with Crippen molar-refractivity contribution in [3.05, 3.63) is 30.3 Å². The Morgan fingerprint density at radius 3 is 2.16 bits per heavy atom. The molecule has 0 bridgehead atoms. The highest BCUT2D eigenvalue weighted by Crippen LogP contribution is 2.41. The first-order chi connectivity index (χ1) is 29.0. The fourth-order valence-electron chi connectivity index (χ4n) is 9.54. The number of oxime groups is 1. The van der Waals surface area contributed by atoms with E-state index in [1.54, 1.807) is 48.5 Å². The molecule has 3 saturated heterocycles. The number of carbonyl (C=O) groups excluding carboxylic acids is 1. The maximum absolute atomic E-state index is 14.4. The van der Waals surface area contributed by atoms with Crippen LogP contribution in [0.3, 0.4) is 0 Å². The zero-order chi connectivity index (χ0) is 46.3. The van der Waals surface area contributed by atoms with Crippen LogP contribution in [0, 0.1) is 23.7 Å². The lowest BCUT2D eigenvalue weighted by Crippen LogP contribution is -2.61. The second-order valence-corrected chi connectivity index (χ2v) is 18.9. The van der Waals surface area contributed by atoms with Crippen molar-refractivity contribution in [2.75, 3.05) is 34.4 Å². The van der Waals surface area contributed by atoms with Crippen molar-refractivity contribution >= 4 is 11.7 Å². The molecule has 0 aromatic heterocycles. The maximum Gasteiger partial charge on any atom is 0.311 e. The van der Waals surface area contributed by atoms with E-state index in [2.05, 4.69) is 5.16 Å². The molecule has 4 rings (SSSR count). The molecular formula is C46H78N2O14. The predicted octanol–water partition coefficient (Wildman–Crippen LogP) is 4.06. The molecule has 62 heavy (non-hydrogen) atoms. The molecule has 3 aliphatic heterocycles. The Labute approximate surface area is 369 Å². The van der Waals surface area contributed by atoms with E-state index in [0.717, 1.165) is 5.75 Å². The summed E-state index contributed by atoms with van der Waals surface area (Å²) < 4.78 is 43.7. The van der Waals surface area contributed by atoms with Crippen LogP contribution in [0.2, 0.25) is 0 Å². The zero-order valence-corrected chi connectivity index (χ0v) is 39.3. The van der Waals surface area contributed by atoms with Crippen molar-refractivity contribution in [2.24, 2.45) is 28.8 Å². The monoisotopic (exact) mass is 883 g/mol. The first-order valence-electron chi connectivity index (χ1n) is 22.4. The van der Waals surface area contributed by atoms with Gasteiger partial charge in [-0.2, -0.15) is 0 Å². The first-order valence-corrected chi connectivity index (χ1v) is 22.4. The topological polar surface area (TPSA) is 208 Å². The molecular weight excluding hydrogens is 805 g/mol. The molecule has 5 N–H and O–H groups in total. The van der Waals surface area contributed by atoms with E-state index in [1.165, 1.54) is 14.0 Å². The summed E-state index contributed by atoms with van der Waals surface area (Å²) in [6, 6.07) is 9.08. The molecule has 0 radical (unpaired) electrons. The molecule has 0 saturated carbocycles. The molecule has 2 unspecified atom stereocenters. The number of methoxy groups -OCH3 is 1. The normalized spacial score (nSPS) is 43.5. The number of benzene rings is 1. The second-order valence-electron chi connectivity index (χ2n) is 18.9. The molecule has 1 aromatic rings. The SMILES string of the molecule is CCC1OC(=O)[C@H](C)C(O[C@H]2C[C@@](C)(OC)[C@@H](O)[C@H](C)O2)[C@H](C)[C@@H](O[C@@H]2O[C@H](C)C[C@H](N(C)C)[C@H]2O)[C@](C)(O)C[C@@H](C)/C(=N\OCCCOc2ccccc2)[C@H](C)[C@@H](O)[C@]1(C)O. The molecule has 16 nitrogen and oxygen atoms in total. The van der Waals surface area contributed by atoms with Gasteiger partial charge >= 0.3 is 5.97 Å². The summed E-state index contributed by atoms with van der Waals surface area (Å²) in [6.45, 7) is 17.7. The van der Waals surface area contributed by atoms with Crippen molar-refractivity contribution in [2.45, 2.75) is 186 Å². The molecule has 3 aliphatic rings. The van der Waals surface area contributed by atoms with Crippen LogP contribution in [0.4, 0.5) is 0 Å². The van der Waals surface area contributed by atoms with Gasteiger partial charge in [0.2, 0.25) is 0 Å². The number of esters is 1. The molecule has 1 aromatic carbocycles. The minimum atomic E-state index is -1.96. The largest absolute Gasteiger partial charge is 0.493 e. The van der Waals surface area contributed by atoms with Crippen LogP contribution in [0.25, 0.3) is 0 Å². The van der Waals surface area contributed by atoms with Gasteiger partial charge < -0.3 is 68.4 Å². The Balaban J connectivity index is 1.80. The summed E-state index contributed by atoms with van der Waals surface area (Å²) in [5, 5.41) is 64.1. The molecule has 356 valence electrons. The lowest BCUT2D eigenvalue weighted by atomic mass is 9.73. The number of nitrogens with zero attached hydrogens (tertiary/aromatic N) is 2. The number of aliphatic hydroxyl groups is 5. The summed E-state index contributed by atoms with van der Waals surface area (Å²) in [6.07, 6.45) is -8.92. The van der Waals surface area contributed by atoms with Crippen LogP contribution in [-0.4, -0.2) is 161 Å². The Hall–Kier alpha value is -2.48. The number of ether oxygens (including phenoxy) is 7. The average molecular weight is 883 g/mol. The quantitative estimate of drug-likeness (QED) is 0.108. The van der Waals surface area contributed by atoms with Gasteiger partial charge in [0.15, 0.2) is 12.6 Å². The number of carbonyl (C=O) groups is 1. The fraction of sp³-hybridized carbons (Fsp3) is 0.826. The Morgan fingerprint density at radius 1 is 0.887 bits per heavy atom. The fourth-order valence-corrected chi connectivity index (χ4v) is 9.54. The minimum Gasteiger partial charge on any atom is -0.493 e. The smallest absolute Gasteiger partial charge is 0.311 e. The molecule has 0 spiro atoms.